The van der Waals surface area contributed by atoms with Gasteiger partial charge in [0, 0.05) is 0 Å². The molecule has 0 saturated carbocycles. The van der Waals surface area contributed by atoms with E-state index in [2.05, 4.69) is 9.52 Å². The molecule has 10 heteroatoms. The normalized spacial score (nSPS) is 10.2. The summed E-state index contributed by atoms with van der Waals surface area (Å²) in [5.41, 5.74) is -0.580. The number of hydrogen-bond acceptors (Lipinski definition) is 7. The predicted molar refractivity (Wildman–Crippen MR) is 33.4 cm³/mol. The van der Waals surface area contributed by atoms with E-state index in [4.69, 9.17) is 5.41 Å². The Labute approximate surface area is 69.0 Å². The second-order valence-electron chi connectivity index (χ2n) is 1.94. The van der Waals surface area contributed by atoms with E-state index in [1.807, 2.05) is 5.10 Å². The van der Waals surface area contributed by atoms with Crippen LogP contribution in [0, 0.1) is 25.6 Å². The lowest BCUT2D eigenvalue weighted by Gasteiger charge is -1.94. The lowest BCUT2D eigenvalue weighted by atomic mass is 10.5. The van der Waals surface area contributed by atoms with Gasteiger partial charge in [0.1, 0.15) is 9.85 Å². The lowest BCUT2D eigenvalue weighted by molar-refractivity contribution is -0.756. The molecule has 0 amide bonds. The number of nitrogens with zero attached hydrogens (tertiary/aromatic N) is 3. The molecule has 1 rings (SSSR count). The summed E-state index contributed by atoms with van der Waals surface area (Å²) in [6.45, 7) is 0. The van der Waals surface area contributed by atoms with Crippen LogP contribution in [-0.2, 0) is 0 Å². The first-order valence-electron chi connectivity index (χ1n) is 2.89. The molecule has 0 atom stereocenters. The van der Waals surface area contributed by atoms with Crippen molar-refractivity contribution >= 4 is 0 Å². The first-order chi connectivity index (χ1) is 6.02. The van der Waals surface area contributed by atoms with Crippen molar-refractivity contribution in [2.75, 3.05) is 0 Å². The third kappa shape index (κ3) is 1.66. The van der Waals surface area contributed by atoms with Crippen molar-refractivity contribution in [3.05, 3.63) is 31.8 Å². The van der Waals surface area contributed by atoms with Gasteiger partial charge < -0.3 is 4.42 Å². The zero-order valence-electron chi connectivity index (χ0n) is 5.96. The summed E-state index contributed by atoms with van der Waals surface area (Å²) in [4.78, 5) is 17.9. The number of nitro groups is 2. The van der Waals surface area contributed by atoms with Crippen LogP contribution in [0.5, 0.6) is 0 Å². The van der Waals surface area contributed by atoms with E-state index in [0.29, 0.717) is 0 Å². The highest BCUT2D eigenvalue weighted by molar-refractivity contribution is 4.72. The average molecular weight is 189 g/mol. The molecule has 10 nitrogen and oxygen atoms in total. The van der Waals surface area contributed by atoms with Crippen LogP contribution in [0.25, 0.3) is 0 Å². The van der Waals surface area contributed by atoms with Crippen LogP contribution >= 0.6 is 0 Å². The average Bonchev–Trinajstić information content (AvgIpc) is 2.34. The molecule has 0 saturated heterocycles. The van der Waals surface area contributed by atoms with Gasteiger partial charge in [0.2, 0.25) is 0 Å². The van der Waals surface area contributed by atoms with Gasteiger partial charge in [-0.1, -0.05) is 0 Å². The molecule has 1 aromatic heterocycles. The van der Waals surface area contributed by atoms with Crippen molar-refractivity contribution in [3.63, 3.8) is 0 Å². The fourth-order valence-electron chi connectivity index (χ4n) is 0.624. The molecule has 0 aromatic carbocycles. The van der Waals surface area contributed by atoms with Crippen LogP contribution < -0.4 is 5.68 Å². The maximum Gasteiger partial charge on any atom is 0.526 e. The van der Waals surface area contributed by atoms with E-state index < -0.39 is 27.6 Å². The third-order valence-corrected chi connectivity index (χ3v) is 1.09. The van der Waals surface area contributed by atoms with Crippen molar-refractivity contribution in [2.45, 2.75) is 6.17 Å². The SMILES string of the molecule is N=c1[nH]nc(C([N+](=O)[O-])[N+](=O)[O-])o1. The Bertz CT molecular complexity index is 377. The minimum absolute atomic E-state index is 0.580. The summed E-state index contributed by atoms with van der Waals surface area (Å²) in [7, 11) is 0. The van der Waals surface area contributed by atoms with Crippen molar-refractivity contribution in [1.29, 1.82) is 5.41 Å². The molecule has 0 radical (unpaired) electrons. The molecule has 0 aliphatic rings. The quantitative estimate of drug-likeness (QED) is 0.354. The summed E-state index contributed by atoms with van der Waals surface area (Å²) in [5, 5.41) is 32.0. The van der Waals surface area contributed by atoms with E-state index in [1.54, 1.807) is 0 Å². The molecule has 0 bridgehead atoms. The second kappa shape index (κ2) is 3.00. The first-order valence-corrected chi connectivity index (χ1v) is 2.89. The monoisotopic (exact) mass is 189 g/mol. The Morgan fingerprint density at radius 2 is 2.00 bits per heavy atom. The fourth-order valence-corrected chi connectivity index (χ4v) is 0.624. The molecule has 1 aromatic rings. The van der Waals surface area contributed by atoms with Gasteiger partial charge in [-0.05, 0) is 0 Å². The zero-order valence-corrected chi connectivity index (χ0v) is 5.96. The van der Waals surface area contributed by atoms with Crippen LogP contribution in [-0.4, -0.2) is 20.0 Å². The smallest absolute Gasteiger partial charge is 0.396 e. The summed E-state index contributed by atoms with van der Waals surface area (Å²) in [6.07, 6.45) is -2.27. The van der Waals surface area contributed by atoms with Gasteiger partial charge in [-0.25, -0.2) is 10.5 Å². The maximum absolute atomic E-state index is 10.1. The molecule has 13 heavy (non-hydrogen) atoms. The molecular weight excluding hydrogens is 186 g/mol. The van der Waals surface area contributed by atoms with Crippen molar-refractivity contribution in [2.24, 2.45) is 0 Å². The van der Waals surface area contributed by atoms with Gasteiger partial charge in [0.15, 0.2) is 0 Å². The summed E-state index contributed by atoms with van der Waals surface area (Å²) in [6, 6.07) is 0. The van der Waals surface area contributed by atoms with Crippen molar-refractivity contribution in [3.8, 4) is 0 Å². The zero-order chi connectivity index (χ0) is 10.0. The molecule has 0 unspecified atom stereocenters. The van der Waals surface area contributed by atoms with Crippen LogP contribution in [0.4, 0.5) is 0 Å². The summed E-state index contributed by atoms with van der Waals surface area (Å²) in [5.74, 6) is -0.750. The molecule has 1 heterocycles. The van der Waals surface area contributed by atoms with Gasteiger partial charge in [0.25, 0.3) is 0 Å². The Morgan fingerprint density at radius 3 is 2.31 bits per heavy atom. The number of aromatic amines is 1. The van der Waals surface area contributed by atoms with Gasteiger partial charge in [-0.15, -0.1) is 5.10 Å². The van der Waals surface area contributed by atoms with E-state index in [-0.39, 0.29) is 0 Å². The fraction of sp³-hybridized carbons (Fsp3) is 0.333. The Hall–Kier alpha value is -2.26. The third-order valence-electron chi connectivity index (χ3n) is 1.09. The molecule has 2 N–H and O–H groups in total. The highest BCUT2D eigenvalue weighted by atomic mass is 16.7. The van der Waals surface area contributed by atoms with E-state index in [0.717, 1.165) is 0 Å². The maximum atomic E-state index is 10.1. The molecule has 0 spiro atoms. The van der Waals surface area contributed by atoms with Crippen molar-refractivity contribution in [1.82, 2.24) is 10.2 Å². The summed E-state index contributed by atoms with van der Waals surface area (Å²) < 4.78 is 4.28. The highest BCUT2D eigenvalue weighted by Gasteiger charge is 2.40. The predicted octanol–water partition coefficient (Wildman–Crippen LogP) is -0.966. The minimum Gasteiger partial charge on any atom is -0.396 e. The second-order valence-corrected chi connectivity index (χ2v) is 1.94. The van der Waals surface area contributed by atoms with Crippen LogP contribution in [0.15, 0.2) is 4.42 Å². The number of H-pyrrole nitrogens is 1. The number of hydrogen-bond donors (Lipinski definition) is 2. The number of nitrogens with one attached hydrogen (secondary N) is 2. The molecule has 0 aliphatic carbocycles. The van der Waals surface area contributed by atoms with E-state index >= 15 is 0 Å². The Kier molecular flexibility index (Phi) is 2.04. The molecule has 70 valence electrons. The minimum atomic E-state index is -2.27. The van der Waals surface area contributed by atoms with E-state index in [1.165, 1.54) is 0 Å². The first kappa shape index (κ1) is 8.83. The highest BCUT2D eigenvalue weighted by Crippen LogP contribution is 2.11. The topological polar surface area (TPSA) is 152 Å². The Balaban J connectivity index is 3.09. The number of aromatic nitrogens is 2. The van der Waals surface area contributed by atoms with E-state index in [9.17, 15) is 20.2 Å². The van der Waals surface area contributed by atoms with Gasteiger partial charge in [-0.3, -0.25) is 20.2 Å². The van der Waals surface area contributed by atoms with Gasteiger partial charge in [0.05, 0.1) is 0 Å². The Morgan fingerprint density at radius 1 is 1.46 bits per heavy atom. The van der Waals surface area contributed by atoms with Crippen LogP contribution in [0.1, 0.15) is 12.1 Å². The molecular formula is C3H3N5O5. The molecule has 0 fully saturated rings. The van der Waals surface area contributed by atoms with Crippen molar-refractivity contribution < 1.29 is 14.3 Å². The standard InChI is InChI=1S/C3H3N5O5/c4-3-6-5-1(13-3)2(7(9)10)8(11)12/h2H,(H2,4,6). The number of rotatable bonds is 3. The lowest BCUT2D eigenvalue weighted by Crippen LogP contribution is -2.20. The van der Waals surface area contributed by atoms with Crippen LogP contribution in [0.2, 0.25) is 0 Å². The van der Waals surface area contributed by atoms with Crippen LogP contribution in [0.3, 0.4) is 0 Å². The van der Waals surface area contributed by atoms with Gasteiger partial charge >= 0.3 is 17.7 Å². The summed E-state index contributed by atoms with van der Waals surface area (Å²) >= 11 is 0. The molecule has 0 aliphatic heterocycles. The van der Waals surface area contributed by atoms with Gasteiger partial charge in [-0.2, -0.15) is 0 Å². The largest absolute Gasteiger partial charge is 0.526 e.